The van der Waals surface area contributed by atoms with E-state index in [1.807, 2.05) is 36.4 Å². The van der Waals surface area contributed by atoms with Gasteiger partial charge in [-0.1, -0.05) is 25.1 Å². The maximum atomic E-state index is 10.7. The van der Waals surface area contributed by atoms with E-state index in [9.17, 15) is 10.4 Å². The number of hydrogen-bond donors (Lipinski definition) is 1. The van der Waals surface area contributed by atoms with Crippen LogP contribution in [0.25, 0.3) is 0 Å². The zero-order valence-corrected chi connectivity index (χ0v) is 12.7. The van der Waals surface area contributed by atoms with Crippen LogP contribution in [0.1, 0.15) is 28.3 Å². The summed E-state index contributed by atoms with van der Waals surface area (Å²) >= 11 is 1.57. The lowest BCUT2D eigenvalue weighted by atomic mass is 9.76. The average Bonchev–Trinajstić information content (AvgIpc) is 3.02. The molecule has 0 fully saturated rings. The van der Waals surface area contributed by atoms with Crippen LogP contribution in [0.5, 0.6) is 5.75 Å². The van der Waals surface area contributed by atoms with E-state index in [1.54, 1.807) is 11.3 Å². The van der Waals surface area contributed by atoms with Gasteiger partial charge in [0, 0.05) is 16.2 Å². The number of benzene rings is 1. The lowest BCUT2D eigenvalue weighted by molar-refractivity contribution is 0.0195. The highest BCUT2D eigenvalue weighted by Crippen LogP contribution is 2.44. The number of aryl methyl sites for hydroxylation is 1. The molecule has 2 heterocycles. The van der Waals surface area contributed by atoms with Crippen LogP contribution in [0.2, 0.25) is 0 Å². The molecule has 0 saturated heterocycles. The molecule has 0 spiro atoms. The highest BCUT2D eigenvalue weighted by molar-refractivity contribution is 7.12. The summed E-state index contributed by atoms with van der Waals surface area (Å²) in [5.41, 5.74) is 0.0705. The molecule has 1 aromatic carbocycles. The van der Waals surface area contributed by atoms with Crippen molar-refractivity contribution in [3.63, 3.8) is 0 Å². The first kappa shape index (κ1) is 14.1. The van der Waals surface area contributed by atoms with Gasteiger partial charge >= 0.3 is 0 Å². The molecule has 3 nitrogen and oxygen atoms in total. The molecule has 2 atom stereocenters. The van der Waals surface area contributed by atoms with Gasteiger partial charge in [-0.05, 0) is 30.2 Å². The third kappa shape index (κ3) is 2.44. The molecule has 0 aliphatic carbocycles. The summed E-state index contributed by atoms with van der Waals surface area (Å²) in [6.45, 7) is 2.31. The fourth-order valence-electron chi connectivity index (χ4n) is 2.70. The number of rotatable bonds is 3. The standard InChI is InChI=1S/C17H17NO2S/c1-2-13-7-8-15(21-13)16(19)17(10-18)9-12-5-3-4-6-14(12)20-11-17/h3-8,16,19H,2,9,11H2,1H3. The molecule has 3 rings (SSSR count). The van der Waals surface area contributed by atoms with Crippen LogP contribution in [-0.2, 0) is 12.8 Å². The van der Waals surface area contributed by atoms with Crippen LogP contribution >= 0.6 is 11.3 Å². The Hall–Kier alpha value is -1.83. The number of aliphatic hydroxyl groups is 1. The summed E-state index contributed by atoms with van der Waals surface area (Å²) in [6, 6.07) is 14.0. The van der Waals surface area contributed by atoms with Crippen LogP contribution in [-0.4, -0.2) is 11.7 Å². The largest absolute Gasteiger partial charge is 0.492 e. The first-order valence-electron chi connectivity index (χ1n) is 7.07. The van der Waals surface area contributed by atoms with Crippen molar-refractivity contribution in [2.24, 2.45) is 5.41 Å². The van der Waals surface area contributed by atoms with Gasteiger partial charge in [0.1, 0.15) is 23.9 Å². The van der Waals surface area contributed by atoms with Gasteiger partial charge in [0.15, 0.2) is 0 Å². The number of nitrogens with zero attached hydrogens (tertiary/aromatic N) is 1. The normalized spacial score (nSPS) is 22.0. The number of aliphatic hydroxyl groups excluding tert-OH is 1. The SMILES string of the molecule is CCc1ccc(C(O)C2(C#N)COc3ccccc3C2)s1. The fourth-order valence-corrected chi connectivity index (χ4v) is 3.76. The van der Waals surface area contributed by atoms with Crippen LogP contribution in [0.3, 0.4) is 0 Å². The van der Waals surface area contributed by atoms with Crippen molar-refractivity contribution in [2.45, 2.75) is 25.9 Å². The minimum Gasteiger partial charge on any atom is -0.492 e. The van der Waals surface area contributed by atoms with Crippen molar-refractivity contribution in [1.29, 1.82) is 5.26 Å². The minimum absolute atomic E-state index is 0.223. The van der Waals surface area contributed by atoms with Crippen molar-refractivity contribution >= 4 is 11.3 Å². The molecule has 108 valence electrons. The van der Waals surface area contributed by atoms with E-state index in [0.29, 0.717) is 6.42 Å². The molecule has 1 aliphatic heterocycles. The van der Waals surface area contributed by atoms with Crippen LogP contribution in [0.15, 0.2) is 36.4 Å². The van der Waals surface area contributed by atoms with Crippen LogP contribution in [0.4, 0.5) is 0 Å². The second-order valence-electron chi connectivity index (χ2n) is 5.40. The average molecular weight is 299 g/mol. The van der Waals surface area contributed by atoms with Gasteiger partial charge in [0.05, 0.1) is 6.07 Å². The lowest BCUT2D eigenvalue weighted by Crippen LogP contribution is -2.38. The monoisotopic (exact) mass is 299 g/mol. The topological polar surface area (TPSA) is 53.2 Å². The Kier molecular flexibility index (Phi) is 3.71. The number of para-hydroxylation sites is 1. The molecule has 2 aromatic rings. The Bertz CT molecular complexity index is 688. The highest BCUT2D eigenvalue weighted by atomic mass is 32.1. The summed E-state index contributed by atoms with van der Waals surface area (Å²) in [6.07, 6.45) is 0.636. The molecule has 21 heavy (non-hydrogen) atoms. The minimum atomic E-state index is -0.912. The van der Waals surface area contributed by atoms with Gasteiger partial charge < -0.3 is 9.84 Å². The quantitative estimate of drug-likeness (QED) is 0.944. The molecular formula is C17H17NO2S. The molecule has 4 heteroatoms. The second-order valence-corrected chi connectivity index (χ2v) is 6.60. The van der Waals surface area contributed by atoms with E-state index in [2.05, 4.69) is 13.0 Å². The summed E-state index contributed by atoms with van der Waals surface area (Å²) in [5.74, 6) is 0.816. The number of fused-ring (bicyclic) bond motifs is 1. The van der Waals surface area contributed by atoms with Crippen molar-refractivity contribution in [3.8, 4) is 11.8 Å². The van der Waals surface area contributed by atoms with Gasteiger partial charge in [-0.15, -0.1) is 11.3 Å². The predicted molar refractivity (Wildman–Crippen MR) is 82.3 cm³/mol. The smallest absolute Gasteiger partial charge is 0.126 e. The first-order chi connectivity index (χ1) is 10.2. The Labute approximate surface area is 128 Å². The molecule has 0 saturated carbocycles. The van der Waals surface area contributed by atoms with E-state index >= 15 is 0 Å². The Morgan fingerprint density at radius 3 is 2.90 bits per heavy atom. The van der Waals surface area contributed by atoms with Gasteiger partial charge in [-0.2, -0.15) is 5.26 Å². The maximum Gasteiger partial charge on any atom is 0.126 e. The Balaban J connectivity index is 1.93. The zero-order chi connectivity index (χ0) is 14.9. The predicted octanol–water partition coefficient (Wildman–Crippen LogP) is 3.49. The summed E-state index contributed by atoms with van der Waals surface area (Å²) in [5, 5.41) is 20.4. The zero-order valence-electron chi connectivity index (χ0n) is 11.9. The highest BCUT2D eigenvalue weighted by Gasteiger charge is 2.44. The van der Waals surface area contributed by atoms with Crippen molar-refractivity contribution in [1.82, 2.24) is 0 Å². The molecular weight excluding hydrogens is 282 g/mol. The molecule has 0 amide bonds. The van der Waals surface area contributed by atoms with Crippen molar-refractivity contribution in [3.05, 3.63) is 51.7 Å². The molecule has 1 N–H and O–H groups in total. The van der Waals surface area contributed by atoms with E-state index in [1.165, 1.54) is 4.88 Å². The van der Waals surface area contributed by atoms with E-state index in [4.69, 9.17) is 4.74 Å². The lowest BCUT2D eigenvalue weighted by Gasteiger charge is -2.35. The Morgan fingerprint density at radius 1 is 1.38 bits per heavy atom. The number of ether oxygens (including phenoxy) is 1. The fraction of sp³-hybridized carbons (Fsp3) is 0.353. The van der Waals surface area contributed by atoms with Gasteiger partial charge in [0.25, 0.3) is 0 Å². The molecule has 1 aromatic heterocycles. The van der Waals surface area contributed by atoms with Crippen LogP contribution in [0, 0.1) is 16.7 Å². The first-order valence-corrected chi connectivity index (χ1v) is 7.89. The summed E-state index contributed by atoms with van der Waals surface area (Å²) < 4.78 is 5.73. The van der Waals surface area contributed by atoms with E-state index in [-0.39, 0.29) is 6.61 Å². The van der Waals surface area contributed by atoms with E-state index in [0.717, 1.165) is 22.6 Å². The Morgan fingerprint density at radius 2 is 2.19 bits per heavy atom. The van der Waals surface area contributed by atoms with Gasteiger partial charge in [-0.3, -0.25) is 0 Å². The van der Waals surface area contributed by atoms with Gasteiger partial charge in [-0.25, -0.2) is 0 Å². The third-order valence-corrected chi connectivity index (χ3v) is 5.29. The number of nitriles is 1. The van der Waals surface area contributed by atoms with Crippen molar-refractivity contribution < 1.29 is 9.84 Å². The summed E-state index contributed by atoms with van der Waals surface area (Å²) in [4.78, 5) is 2.06. The third-order valence-electron chi connectivity index (χ3n) is 4.01. The maximum absolute atomic E-state index is 10.7. The van der Waals surface area contributed by atoms with Crippen LogP contribution < -0.4 is 4.74 Å². The molecule has 0 radical (unpaired) electrons. The molecule has 0 bridgehead atoms. The summed E-state index contributed by atoms with van der Waals surface area (Å²) in [7, 11) is 0. The number of thiophene rings is 1. The van der Waals surface area contributed by atoms with E-state index < -0.39 is 11.5 Å². The van der Waals surface area contributed by atoms with Gasteiger partial charge in [0.2, 0.25) is 0 Å². The number of hydrogen-bond acceptors (Lipinski definition) is 4. The van der Waals surface area contributed by atoms with Crippen molar-refractivity contribution in [2.75, 3.05) is 6.61 Å². The molecule has 2 unspecified atom stereocenters. The second kappa shape index (κ2) is 5.51. The molecule has 1 aliphatic rings.